The molecule has 0 radical (unpaired) electrons. The fourth-order valence-corrected chi connectivity index (χ4v) is 5.45. The maximum atomic E-state index is 11.7. The zero-order chi connectivity index (χ0) is 24.9. The number of primary sulfonamides is 1. The number of carboxylic acid groups (broad SMARTS) is 1. The number of carbonyl (C=O) groups is 1. The number of aromatic nitrogens is 3. The largest absolute Gasteiger partial charge is 0.476 e. The summed E-state index contributed by atoms with van der Waals surface area (Å²) in [5.41, 5.74) is 5.35. The van der Waals surface area contributed by atoms with E-state index >= 15 is 0 Å². The first-order valence-electron chi connectivity index (χ1n) is 10.8. The van der Waals surface area contributed by atoms with Gasteiger partial charge in [-0.3, -0.25) is 0 Å². The van der Waals surface area contributed by atoms with Crippen molar-refractivity contribution in [3.63, 3.8) is 0 Å². The number of halogens is 1. The highest BCUT2D eigenvalue weighted by molar-refractivity contribution is 7.89. The second-order valence-corrected chi connectivity index (χ2v) is 11.4. The number of thiazole rings is 1. The Bertz CT molecular complexity index is 1550. The number of rotatable bonds is 7. The Morgan fingerprint density at radius 3 is 2.51 bits per heavy atom. The minimum atomic E-state index is -3.79. The van der Waals surface area contributed by atoms with Gasteiger partial charge in [0.1, 0.15) is 0 Å². The van der Waals surface area contributed by atoms with Crippen molar-refractivity contribution in [3.05, 3.63) is 80.9 Å². The fraction of sp³-hybridized carbons (Fsp3) is 0.208. The third-order valence-corrected chi connectivity index (χ3v) is 8.11. The van der Waals surface area contributed by atoms with Crippen LogP contribution in [0, 0.1) is 6.92 Å². The SMILES string of the molecule is Cc1ccc(-c2nn(-c3nc(C(=O)O)cs3)c(C3CC3)c2Cc2ccc(S(N)(=O)=O)cc2)cc1Cl. The maximum absolute atomic E-state index is 11.7. The van der Waals surface area contributed by atoms with Crippen molar-refractivity contribution in [2.45, 2.75) is 37.0 Å². The third kappa shape index (κ3) is 4.74. The van der Waals surface area contributed by atoms with Crippen LogP contribution < -0.4 is 5.14 Å². The van der Waals surface area contributed by atoms with Gasteiger partial charge in [0, 0.05) is 33.9 Å². The standard InChI is InChI=1S/C24H21ClN4O4S2/c1-13-2-5-16(11-19(13)25)21-18(10-14-3-8-17(9-4-14)35(26,32)33)22(15-6-7-15)29(28-21)24-27-20(12-34-24)23(30)31/h2-5,8-9,11-12,15H,6-7,10H2,1H3,(H,30,31)(H2,26,32,33). The van der Waals surface area contributed by atoms with Gasteiger partial charge in [-0.1, -0.05) is 35.9 Å². The first kappa shape index (κ1) is 23.7. The molecule has 0 amide bonds. The first-order valence-corrected chi connectivity index (χ1v) is 13.6. The monoisotopic (exact) mass is 528 g/mol. The molecular weight excluding hydrogens is 508 g/mol. The highest BCUT2D eigenvalue weighted by Crippen LogP contribution is 2.46. The Morgan fingerprint density at radius 1 is 1.23 bits per heavy atom. The number of sulfonamides is 1. The van der Waals surface area contributed by atoms with E-state index in [1.54, 1.807) is 16.8 Å². The van der Waals surface area contributed by atoms with Crippen LogP contribution >= 0.6 is 22.9 Å². The third-order valence-electron chi connectivity index (χ3n) is 5.96. The predicted octanol–water partition coefficient (Wildman–Crippen LogP) is 4.77. The molecule has 0 atom stereocenters. The first-order chi connectivity index (χ1) is 16.6. The van der Waals surface area contributed by atoms with E-state index in [-0.39, 0.29) is 16.5 Å². The predicted molar refractivity (Wildman–Crippen MR) is 134 cm³/mol. The van der Waals surface area contributed by atoms with E-state index < -0.39 is 16.0 Å². The summed E-state index contributed by atoms with van der Waals surface area (Å²) < 4.78 is 25.1. The van der Waals surface area contributed by atoms with E-state index in [0.717, 1.165) is 46.5 Å². The lowest BCUT2D eigenvalue weighted by Crippen LogP contribution is -2.11. The molecule has 1 saturated carbocycles. The lowest BCUT2D eigenvalue weighted by atomic mass is 9.97. The van der Waals surface area contributed by atoms with Crippen LogP contribution in [-0.2, 0) is 16.4 Å². The van der Waals surface area contributed by atoms with Crippen molar-refractivity contribution in [1.29, 1.82) is 0 Å². The summed E-state index contributed by atoms with van der Waals surface area (Å²) in [7, 11) is -3.79. The molecule has 11 heteroatoms. The van der Waals surface area contributed by atoms with Gasteiger partial charge >= 0.3 is 5.97 Å². The van der Waals surface area contributed by atoms with Gasteiger partial charge in [0.05, 0.1) is 16.3 Å². The topological polar surface area (TPSA) is 128 Å². The van der Waals surface area contributed by atoms with Crippen LogP contribution in [0.1, 0.15) is 51.6 Å². The van der Waals surface area contributed by atoms with Gasteiger partial charge in [0.2, 0.25) is 15.2 Å². The molecule has 35 heavy (non-hydrogen) atoms. The maximum Gasteiger partial charge on any atom is 0.355 e. The number of aromatic carboxylic acids is 1. The molecule has 0 spiro atoms. The van der Waals surface area contributed by atoms with Crippen LogP contribution in [0.4, 0.5) is 0 Å². The quantitative estimate of drug-likeness (QED) is 0.355. The number of benzene rings is 2. The molecule has 2 aromatic heterocycles. The van der Waals surface area contributed by atoms with E-state index in [2.05, 4.69) is 4.98 Å². The molecule has 0 aliphatic heterocycles. The van der Waals surface area contributed by atoms with Crippen molar-refractivity contribution < 1.29 is 18.3 Å². The summed E-state index contributed by atoms with van der Waals surface area (Å²) in [4.78, 5) is 15.8. The summed E-state index contributed by atoms with van der Waals surface area (Å²) in [6, 6.07) is 12.2. The van der Waals surface area contributed by atoms with Crippen LogP contribution in [0.5, 0.6) is 0 Å². The summed E-state index contributed by atoms with van der Waals surface area (Å²) in [6.45, 7) is 1.93. The van der Waals surface area contributed by atoms with Crippen molar-refractivity contribution in [1.82, 2.24) is 14.8 Å². The molecule has 1 aliphatic rings. The Kier molecular flexibility index (Phi) is 6.00. The van der Waals surface area contributed by atoms with E-state index in [0.29, 0.717) is 16.6 Å². The lowest BCUT2D eigenvalue weighted by Gasteiger charge is -2.09. The highest BCUT2D eigenvalue weighted by atomic mass is 35.5. The van der Waals surface area contributed by atoms with E-state index in [9.17, 15) is 18.3 Å². The Labute approximate surface area is 211 Å². The van der Waals surface area contributed by atoms with Crippen molar-refractivity contribution in [3.8, 4) is 16.4 Å². The summed E-state index contributed by atoms with van der Waals surface area (Å²) >= 11 is 7.66. The van der Waals surface area contributed by atoms with Gasteiger partial charge in [-0.15, -0.1) is 11.3 Å². The van der Waals surface area contributed by atoms with Gasteiger partial charge in [-0.25, -0.2) is 28.0 Å². The average Bonchev–Trinajstić information content (AvgIpc) is 3.39. The van der Waals surface area contributed by atoms with Crippen LogP contribution in [0.25, 0.3) is 16.4 Å². The molecule has 180 valence electrons. The minimum absolute atomic E-state index is 0.0256. The number of aryl methyl sites for hydroxylation is 1. The zero-order valence-electron chi connectivity index (χ0n) is 18.6. The smallest absolute Gasteiger partial charge is 0.355 e. The minimum Gasteiger partial charge on any atom is -0.476 e. The molecule has 2 heterocycles. The van der Waals surface area contributed by atoms with Crippen LogP contribution in [0.15, 0.2) is 52.7 Å². The second-order valence-electron chi connectivity index (χ2n) is 8.55. The van der Waals surface area contributed by atoms with Gasteiger partial charge in [0.15, 0.2) is 5.69 Å². The second kappa shape index (κ2) is 8.87. The molecule has 4 aromatic rings. The summed E-state index contributed by atoms with van der Waals surface area (Å²) in [6.07, 6.45) is 2.48. The Balaban J connectivity index is 1.67. The van der Waals surface area contributed by atoms with Crippen LogP contribution in [0.2, 0.25) is 5.02 Å². The van der Waals surface area contributed by atoms with Crippen molar-refractivity contribution in [2.75, 3.05) is 0 Å². The van der Waals surface area contributed by atoms with E-state index in [1.807, 2.05) is 25.1 Å². The lowest BCUT2D eigenvalue weighted by molar-refractivity contribution is 0.0691. The van der Waals surface area contributed by atoms with E-state index in [1.165, 1.54) is 28.8 Å². The van der Waals surface area contributed by atoms with Crippen LogP contribution in [-0.4, -0.2) is 34.3 Å². The molecule has 8 nitrogen and oxygen atoms in total. The normalized spacial score (nSPS) is 13.8. The molecule has 0 saturated heterocycles. The molecule has 1 aliphatic carbocycles. The fourth-order valence-electron chi connectivity index (χ4n) is 3.99. The number of carboxylic acids is 1. The molecule has 3 N–H and O–H groups in total. The summed E-state index contributed by atoms with van der Waals surface area (Å²) in [5.74, 6) is -0.818. The number of hydrogen-bond donors (Lipinski definition) is 2. The van der Waals surface area contributed by atoms with Crippen LogP contribution in [0.3, 0.4) is 0 Å². The summed E-state index contributed by atoms with van der Waals surface area (Å²) in [5, 5.41) is 22.1. The van der Waals surface area contributed by atoms with Crippen molar-refractivity contribution >= 4 is 38.9 Å². The van der Waals surface area contributed by atoms with Gasteiger partial charge < -0.3 is 5.11 Å². The molecule has 2 aromatic carbocycles. The van der Waals surface area contributed by atoms with Crippen molar-refractivity contribution in [2.24, 2.45) is 5.14 Å². The number of nitrogens with two attached hydrogens (primary N) is 1. The molecule has 0 unspecified atom stereocenters. The Morgan fingerprint density at radius 2 is 1.94 bits per heavy atom. The van der Waals surface area contributed by atoms with Gasteiger partial charge in [-0.2, -0.15) is 5.10 Å². The molecular formula is C24H21ClN4O4S2. The highest BCUT2D eigenvalue weighted by Gasteiger charge is 2.34. The Hall–Kier alpha value is -3.05. The van der Waals surface area contributed by atoms with Gasteiger partial charge in [-0.05, 0) is 49.1 Å². The molecule has 5 rings (SSSR count). The molecule has 1 fully saturated rings. The zero-order valence-corrected chi connectivity index (χ0v) is 21.0. The molecule has 0 bridgehead atoms. The van der Waals surface area contributed by atoms with Gasteiger partial charge in [0.25, 0.3) is 0 Å². The number of nitrogens with zero attached hydrogens (tertiary/aromatic N) is 3. The number of hydrogen-bond acceptors (Lipinski definition) is 6. The average molecular weight is 529 g/mol. The van der Waals surface area contributed by atoms with E-state index in [4.69, 9.17) is 21.8 Å².